The van der Waals surface area contributed by atoms with Gasteiger partial charge in [0, 0.05) is 12.8 Å². The van der Waals surface area contributed by atoms with Gasteiger partial charge in [0.15, 0.2) is 0 Å². The lowest BCUT2D eigenvalue weighted by atomic mass is 10.2. The molecule has 0 rings (SSSR count). The van der Waals surface area contributed by atoms with Gasteiger partial charge >= 0.3 is 0 Å². The van der Waals surface area contributed by atoms with E-state index in [1.165, 1.54) is 0 Å². The van der Waals surface area contributed by atoms with Crippen molar-refractivity contribution in [3.63, 3.8) is 0 Å². The Morgan fingerprint density at radius 3 is 2.24 bits per heavy atom. The minimum atomic E-state index is -0.536. The number of carbonyl (C=O) groups excluding carboxylic acids is 2. The van der Waals surface area contributed by atoms with Crippen molar-refractivity contribution < 1.29 is 9.59 Å². The molecule has 7 heteroatoms. The van der Waals surface area contributed by atoms with Crippen LogP contribution in [0.15, 0.2) is 0 Å². The summed E-state index contributed by atoms with van der Waals surface area (Å²) in [6.45, 7) is 2.59. The molecule has 0 spiro atoms. The van der Waals surface area contributed by atoms with Crippen molar-refractivity contribution in [3.05, 3.63) is 0 Å². The summed E-state index contributed by atoms with van der Waals surface area (Å²) < 4.78 is 0. The number of hydrogen-bond donors (Lipinski definition) is 5. The molecule has 0 aliphatic carbocycles. The van der Waals surface area contributed by atoms with Crippen LogP contribution >= 0.6 is 25.3 Å². The van der Waals surface area contributed by atoms with Crippen LogP contribution in [0.4, 0.5) is 0 Å². The number of rotatable bonds is 8. The maximum absolute atomic E-state index is 11.8. The maximum Gasteiger partial charge on any atom is 0.242 e. The monoisotopic (exact) mass is 279 g/mol. The van der Waals surface area contributed by atoms with Gasteiger partial charge in [-0.15, -0.1) is 0 Å². The molecule has 5 nitrogen and oxygen atoms in total. The quantitative estimate of drug-likeness (QED) is 0.387. The van der Waals surface area contributed by atoms with E-state index in [1.807, 2.05) is 6.92 Å². The second-order valence-corrected chi connectivity index (χ2v) is 4.29. The number of likely N-dealkylation sites (N-methyl/N-ethyl adjacent to an activating group) is 2. The molecule has 0 aromatic rings. The van der Waals surface area contributed by atoms with E-state index in [9.17, 15) is 9.59 Å². The summed E-state index contributed by atoms with van der Waals surface area (Å²) in [6, 6.07) is -0.915. The Morgan fingerprint density at radius 1 is 1.18 bits per heavy atom. The highest BCUT2D eigenvalue weighted by Gasteiger charge is 2.23. The van der Waals surface area contributed by atoms with Gasteiger partial charge in [-0.1, -0.05) is 6.92 Å². The van der Waals surface area contributed by atoms with Gasteiger partial charge in [-0.25, -0.2) is 0 Å². The van der Waals surface area contributed by atoms with Crippen molar-refractivity contribution in [2.45, 2.75) is 25.4 Å². The second kappa shape index (κ2) is 9.61. The van der Waals surface area contributed by atoms with Crippen molar-refractivity contribution in [2.75, 3.05) is 25.1 Å². The Morgan fingerprint density at radius 2 is 1.82 bits per heavy atom. The average Bonchev–Trinajstić information content (AvgIpc) is 2.34. The molecule has 2 atom stereocenters. The molecule has 2 amide bonds. The van der Waals surface area contributed by atoms with Gasteiger partial charge in [-0.2, -0.15) is 25.3 Å². The molecule has 0 saturated carbocycles. The summed E-state index contributed by atoms with van der Waals surface area (Å²) >= 11 is 8.17. The minimum absolute atomic E-state index is 0.207. The standard InChI is InChI=1S/C10H21N3O2S2/c1-3-12-8(6-17)10(15)13-7(4-5-16)9(14)11-2/h7-8,12,16-17H,3-6H2,1-2H3,(H,11,14)(H,13,15)/t7-,8+/m1/s1. The highest BCUT2D eigenvalue weighted by atomic mass is 32.1. The molecule has 0 fully saturated rings. The SMILES string of the molecule is CCN[C@@H](CS)C(=O)N[C@H](CCS)C(=O)NC. The first kappa shape index (κ1) is 16.6. The Bertz CT molecular complexity index is 252. The molecule has 0 bridgehead atoms. The third-order valence-electron chi connectivity index (χ3n) is 2.25. The van der Waals surface area contributed by atoms with Crippen molar-refractivity contribution in [1.29, 1.82) is 0 Å². The predicted molar refractivity (Wildman–Crippen MR) is 75.8 cm³/mol. The number of thiol groups is 2. The van der Waals surface area contributed by atoms with Crippen molar-refractivity contribution in [2.24, 2.45) is 0 Å². The zero-order valence-electron chi connectivity index (χ0n) is 10.2. The van der Waals surface area contributed by atoms with E-state index < -0.39 is 6.04 Å². The molecule has 0 aliphatic heterocycles. The van der Waals surface area contributed by atoms with Crippen molar-refractivity contribution in [3.8, 4) is 0 Å². The topological polar surface area (TPSA) is 70.2 Å². The zero-order valence-corrected chi connectivity index (χ0v) is 12.0. The van der Waals surface area contributed by atoms with Gasteiger partial charge in [0.05, 0.1) is 6.04 Å². The fourth-order valence-electron chi connectivity index (χ4n) is 1.33. The second-order valence-electron chi connectivity index (χ2n) is 3.48. The maximum atomic E-state index is 11.8. The van der Waals surface area contributed by atoms with Gasteiger partial charge in [0.2, 0.25) is 11.8 Å². The van der Waals surface area contributed by atoms with Gasteiger partial charge < -0.3 is 16.0 Å². The molecule has 0 saturated heterocycles. The fourth-order valence-corrected chi connectivity index (χ4v) is 1.88. The van der Waals surface area contributed by atoms with Gasteiger partial charge in [0.25, 0.3) is 0 Å². The smallest absolute Gasteiger partial charge is 0.242 e. The molecule has 100 valence electrons. The average molecular weight is 279 g/mol. The lowest BCUT2D eigenvalue weighted by molar-refractivity contribution is -0.129. The van der Waals surface area contributed by atoms with E-state index in [-0.39, 0.29) is 17.9 Å². The molecule has 0 aromatic carbocycles. The van der Waals surface area contributed by atoms with Gasteiger partial charge in [0.1, 0.15) is 6.04 Å². The first-order chi connectivity index (χ1) is 8.10. The molecule has 17 heavy (non-hydrogen) atoms. The normalized spacial score (nSPS) is 13.9. The number of hydrogen-bond acceptors (Lipinski definition) is 5. The summed E-state index contributed by atoms with van der Waals surface area (Å²) in [5.74, 6) is 0.505. The van der Waals surface area contributed by atoms with E-state index in [0.717, 1.165) is 0 Å². The zero-order chi connectivity index (χ0) is 13.3. The Kier molecular flexibility index (Phi) is 9.39. The summed E-state index contributed by atoms with van der Waals surface area (Å²) in [5, 5.41) is 8.21. The first-order valence-electron chi connectivity index (χ1n) is 5.57. The molecule has 0 aromatic heterocycles. The summed E-state index contributed by atoms with van der Waals surface area (Å²) in [4.78, 5) is 23.3. The number of nitrogens with one attached hydrogen (secondary N) is 3. The van der Waals surface area contributed by atoms with Crippen molar-refractivity contribution >= 4 is 37.1 Å². The van der Waals surface area contributed by atoms with Crippen molar-refractivity contribution in [1.82, 2.24) is 16.0 Å². The highest BCUT2D eigenvalue weighted by Crippen LogP contribution is 1.97. The third kappa shape index (κ3) is 6.18. The first-order valence-corrected chi connectivity index (χ1v) is 6.84. The lowest BCUT2D eigenvalue weighted by Crippen LogP contribution is -2.53. The Hall–Kier alpha value is -0.400. The van der Waals surface area contributed by atoms with E-state index in [2.05, 4.69) is 41.2 Å². The van der Waals surface area contributed by atoms with Crippen LogP contribution in [0, 0.1) is 0 Å². The summed E-state index contributed by atoms with van der Waals surface area (Å²) in [6.07, 6.45) is 0.500. The van der Waals surface area contributed by atoms with Crippen LogP contribution in [0.2, 0.25) is 0 Å². The van der Waals surface area contributed by atoms with E-state index in [0.29, 0.717) is 24.5 Å². The largest absolute Gasteiger partial charge is 0.357 e. The minimum Gasteiger partial charge on any atom is -0.357 e. The van der Waals surface area contributed by atoms with Gasteiger partial charge in [-0.05, 0) is 18.7 Å². The molecule has 0 heterocycles. The fraction of sp³-hybridized carbons (Fsp3) is 0.800. The Labute approximate surface area is 113 Å². The molecule has 0 unspecified atom stereocenters. The van der Waals surface area contributed by atoms with E-state index in [4.69, 9.17) is 0 Å². The molecular weight excluding hydrogens is 258 g/mol. The van der Waals surface area contributed by atoms with Crippen LogP contribution in [-0.4, -0.2) is 49.0 Å². The number of carbonyl (C=O) groups is 2. The van der Waals surface area contributed by atoms with Crippen LogP contribution in [0.25, 0.3) is 0 Å². The lowest BCUT2D eigenvalue weighted by Gasteiger charge is -2.20. The van der Waals surface area contributed by atoms with Crippen LogP contribution in [0.1, 0.15) is 13.3 Å². The predicted octanol–water partition coefficient (Wildman–Crippen LogP) is -0.555. The van der Waals surface area contributed by atoms with Crippen LogP contribution < -0.4 is 16.0 Å². The van der Waals surface area contributed by atoms with E-state index >= 15 is 0 Å². The summed E-state index contributed by atoms with van der Waals surface area (Å²) in [5.41, 5.74) is 0. The van der Waals surface area contributed by atoms with Crippen LogP contribution in [0.3, 0.4) is 0 Å². The highest BCUT2D eigenvalue weighted by molar-refractivity contribution is 7.80. The van der Waals surface area contributed by atoms with Crippen LogP contribution in [0.5, 0.6) is 0 Å². The molecule has 0 radical (unpaired) electrons. The third-order valence-corrected chi connectivity index (χ3v) is 2.87. The molecule has 3 N–H and O–H groups in total. The Balaban J connectivity index is 4.41. The summed E-state index contributed by atoms with van der Waals surface area (Å²) in [7, 11) is 1.54. The van der Waals surface area contributed by atoms with E-state index in [1.54, 1.807) is 7.05 Å². The van der Waals surface area contributed by atoms with Crippen LogP contribution in [-0.2, 0) is 9.59 Å². The molecule has 0 aliphatic rings. The number of amides is 2. The molecular formula is C10H21N3O2S2. The van der Waals surface area contributed by atoms with Gasteiger partial charge in [-0.3, -0.25) is 9.59 Å².